The van der Waals surface area contributed by atoms with Crippen LogP contribution < -0.4 is 4.74 Å². The third-order valence-electron chi connectivity index (χ3n) is 4.19. The van der Waals surface area contributed by atoms with Crippen molar-refractivity contribution < 1.29 is 14.6 Å². The average Bonchev–Trinajstić information content (AvgIpc) is 2.40. The second-order valence-electron chi connectivity index (χ2n) is 5.54. The van der Waals surface area contributed by atoms with Crippen LogP contribution in [-0.2, 0) is 4.74 Å². The number of benzene rings is 1. The van der Waals surface area contributed by atoms with Crippen molar-refractivity contribution in [2.45, 2.75) is 50.4 Å². The molecule has 1 N–H and O–H groups in total. The maximum absolute atomic E-state index is 10.4. The van der Waals surface area contributed by atoms with Crippen LogP contribution in [0.4, 0.5) is 0 Å². The highest BCUT2D eigenvalue weighted by molar-refractivity contribution is 9.10. The molecule has 0 aliphatic carbocycles. The Labute approximate surface area is 122 Å². The molecule has 0 amide bonds. The smallest absolute Gasteiger partial charge is 0.126 e. The molecule has 2 unspecified atom stereocenters. The van der Waals surface area contributed by atoms with Crippen molar-refractivity contribution >= 4 is 15.9 Å². The SMILES string of the molecule is CCC1CC2(CCO1)C[C@@H](O)c1cc(Br)ccc1O2. The predicted octanol–water partition coefficient (Wildman–Crippen LogP) is 3.59. The van der Waals surface area contributed by atoms with Gasteiger partial charge in [0.15, 0.2) is 0 Å². The van der Waals surface area contributed by atoms with Gasteiger partial charge in [-0.3, -0.25) is 0 Å². The fourth-order valence-electron chi connectivity index (χ4n) is 3.14. The zero-order chi connectivity index (χ0) is 13.5. The lowest BCUT2D eigenvalue weighted by Gasteiger charge is -2.45. The number of aliphatic hydroxyl groups excluding tert-OH is 1. The second kappa shape index (κ2) is 5.08. The van der Waals surface area contributed by atoms with Crippen molar-refractivity contribution in [2.24, 2.45) is 0 Å². The van der Waals surface area contributed by atoms with Crippen molar-refractivity contribution in [3.05, 3.63) is 28.2 Å². The highest BCUT2D eigenvalue weighted by atomic mass is 79.9. The van der Waals surface area contributed by atoms with Crippen molar-refractivity contribution in [3.63, 3.8) is 0 Å². The van der Waals surface area contributed by atoms with Gasteiger partial charge < -0.3 is 14.6 Å². The highest BCUT2D eigenvalue weighted by Crippen LogP contribution is 2.45. The van der Waals surface area contributed by atoms with E-state index in [1.165, 1.54) is 0 Å². The molecular formula is C15H19BrO3. The van der Waals surface area contributed by atoms with Crippen LogP contribution in [0, 0.1) is 0 Å². The van der Waals surface area contributed by atoms with Crippen molar-refractivity contribution in [2.75, 3.05) is 6.61 Å². The molecule has 0 bridgehead atoms. The molecule has 0 saturated carbocycles. The maximum atomic E-state index is 10.4. The van der Waals surface area contributed by atoms with E-state index in [1.54, 1.807) is 0 Å². The Morgan fingerprint density at radius 2 is 2.26 bits per heavy atom. The van der Waals surface area contributed by atoms with Crippen LogP contribution in [0.5, 0.6) is 5.75 Å². The Morgan fingerprint density at radius 1 is 1.42 bits per heavy atom. The van der Waals surface area contributed by atoms with Crippen LogP contribution in [0.2, 0.25) is 0 Å². The number of hydrogen-bond donors (Lipinski definition) is 1. The summed E-state index contributed by atoms with van der Waals surface area (Å²) in [6.07, 6.45) is 3.19. The van der Waals surface area contributed by atoms with E-state index in [9.17, 15) is 5.11 Å². The van der Waals surface area contributed by atoms with Gasteiger partial charge in [-0.05, 0) is 24.6 Å². The van der Waals surface area contributed by atoms with E-state index in [-0.39, 0.29) is 11.7 Å². The summed E-state index contributed by atoms with van der Waals surface area (Å²) < 4.78 is 13.0. The molecule has 1 aromatic rings. The fourth-order valence-corrected chi connectivity index (χ4v) is 3.52. The van der Waals surface area contributed by atoms with E-state index < -0.39 is 6.10 Å². The van der Waals surface area contributed by atoms with Gasteiger partial charge in [0, 0.05) is 29.3 Å². The number of hydrogen-bond acceptors (Lipinski definition) is 3. The van der Waals surface area contributed by atoms with Gasteiger partial charge in [-0.25, -0.2) is 0 Å². The molecular weight excluding hydrogens is 308 g/mol. The standard InChI is InChI=1S/C15H19BrO3/c1-2-11-8-15(5-6-18-11)9-13(17)12-7-10(16)3-4-14(12)19-15/h3-4,7,11,13,17H,2,5-6,8-9H2,1H3/t11?,13-,15?/m1/s1. The molecule has 2 aliphatic heterocycles. The Balaban J connectivity index is 1.89. The van der Waals surface area contributed by atoms with E-state index in [0.717, 1.165) is 41.7 Å². The molecule has 0 aromatic heterocycles. The van der Waals surface area contributed by atoms with Gasteiger partial charge in [-0.15, -0.1) is 0 Å². The first kappa shape index (κ1) is 13.4. The molecule has 2 heterocycles. The van der Waals surface area contributed by atoms with Crippen molar-refractivity contribution in [1.82, 2.24) is 0 Å². The van der Waals surface area contributed by atoms with Crippen LogP contribution in [0.15, 0.2) is 22.7 Å². The van der Waals surface area contributed by atoms with Gasteiger partial charge in [0.2, 0.25) is 0 Å². The first-order valence-electron chi connectivity index (χ1n) is 6.90. The monoisotopic (exact) mass is 326 g/mol. The summed E-state index contributed by atoms with van der Waals surface area (Å²) in [5, 5.41) is 10.4. The number of fused-ring (bicyclic) bond motifs is 1. The first-order valence-corrected chi connectivity index (χ1v) is 7.69. The van der Waals surface area contributed by atoms with Crippen molar-refractivity contribution in [1.29, 1.82) is 0 Å². The number of rotatable bonds is 1. The summed E-state index contributed by atoms with van der Waals surface area (Å²) >= 11 is 3.44. The molecule has 19 heavy (non-hydrogen) atoms. The summed E-state index contributed by atoms with van der Waals surface area (Å²) in [6.45, 7) is 2.85. The Kier molecular flexibility index (Phi) is 3.58. The van der Waals surface area contributed by atoms with Gasteiger partial charge in [0.25, 0.3) is 0 Å². The lowest BCUT2D eigenvalue weighted by Crippen LogP contribution is -2.48. The Bertz CT molecular complexity index is 476. The fraction of sp³-hybridized carbons (Fsp3) is 0.600. The minimum atomic E-state index is -0.447. The van der Waals surface area contributed by atoms with Gasteiger partial charge in [0.1, 0.15) is 11.4 Å². The maximum Gasteiger partial charge on any atom is 0.126 e. The second-order valence-corrected chi connectivity index (χ2v) is 6.46. The molecule has 4 heteroatoms. The van der Waals surface area contributed by atoms with Gasteiger partial charge >= 0.3 is 0 Å². The average molecular weight is 327 g/mol. The van der Waals surface area contributed by atoms with E-state index in [2.05, 4.69) is 22.9 Å². The predicted molar refractivity (Wildman–Crippen MR) is 76.3 cm³/mol. The molecule has 1 aromatic carbocycles. The van der Waals surface area contributed by atoms with Crippen molar-refractivity contribution in [3.8, 4) is 5.75 Å². The molecule has 3 rings (SSSR count). The highest BCUT2D eigenvalue weighted by Gasteiger charge is 2.44. The first-order chi connectivity index (χ1) is 9.12. The number of aliphatic hydroxyl groups is 1. The number of ether oxygens (including phenoxy) is 2. The largest absolute Gasteiger partial charge is 0.487 e. The molecule has 2 aliphatic rings. The lowest BCUT2D eigenvalue weighted by molar-refractivity contribution is -0.116. The summed E-state index contributed by atoms with van der Waals surface area (Å²) in [5.41, 5.74) is 0.638. The molecule has 0 radical (unpaired) electrons. The Hall–Kier alpha value is -0.580. The van der Waals surface area contributed by atoms with Gasteiger partial charge in [-0.2, -0.15) is 0 Å². The lowest BCUT2D eigenvalue weighted by atomic mass is 9.80. The van der Waals surface area contributed by atoms with Gasteiger partial charge in [-0.1, -0.05) is 22.9 Å². The molecule has 1 spiro atoms. The third kappa shape index (κ3) is 2.54. The van der Waals surface area contributed by atoms with E-state index in [1.807, 2.05) is 18.2 Å². The van der Waals surface area contributed by atoms with Crippen LogP contribution in [0.3, 0.4) is 0 Å². The normalized spacial score (nSPS) is 33.8. The van der Waals surface area contributed by atoms with E-state index in [4.69, 9.17) is 9.47 Å². The summed E-state index contributed by atoms with van der Waals surface area (Å²) in [7, 11) is 0. The number of halogens is 1. The summed E-state index contributed by atoms with van der Waals surface area (Å²) in [5.74, 6) is 0.818. The minimum absolute atomic E-state index is 0.248. The van der Waals surface area contributed by atoms with Crippen LogP contribution in [-0.4, -0.2) is 23.4 Å². The molecule has 3 atom stereocenters. The Morgan fingerprint density at radius 3 is 3.05 bits per heavy atom. The van der Waals surface area contributed by atoms with E-state index in [0.29, 0.717) is 6.42 Å². The molecule has 104 valence electrons. The van der Waals surface area contributed by atoms with E-state index >= 15 is 0 Å². The topological polar surface area (TPSA) is 38.7 Å². The van der Waals surface area contributed by atoms with Crippen LogP contribution >= 0.6 is 15.9 Å². The zero-order valence-corrected chi connectivity index (χ0v) is 12.6. The van der Waals surface area contributed by atoms with Crippen LogP contribution in [0.25, 0.3) is 0 Å². The summed E-state index contributed by atoms with van der Waals surface area (Å²) in [4.78, 5) is 0. The van der Waals surface area contributed by atoms with Crippen LogP contribution in [0.1, 0.15) is 44.3 Å². The summed E-state index contributed by atoms with van der Waals surface area (Å²) in [6, 6.07) is 5.85. The quantitative estimate of drug-likeness (QED) is 0.857. The minimum Gasteiger partial charge on any atom is -0.487 e. The third-order valence-corrected chi connectivity index (χ3v) is 4.68. The van der Waals surface area contributed by atoms with Gasteiger partial charge in [0.05, 0.1) is 18.8 Å². The zero-order valence-electron chi connectivity index (χ0n) is 11.1. The molecule has 1 saturated heterocycles. The molecule has 1 fully saturated rings. The molecule has 3 nitrogen and oxygen atoms in total.